The van der Waals surface area contributed by atoms with Crippen molar-refractivity contribution in [2.45, 2.75) is 0 Å². The van der Waals surface area contributed by atoms with Crippen molar-refractivity contribution in [2.24, 2.45) is 5.10 Å². The topological polar surface area (TPSA) is 49.7 Å². The van der Waals surface area contributed by atoms with Crippen molar-refractivity contribution in [1.29, 1.82) is 5.39 Å². The van der Waals surface area contributed by atoms with E-state index in [-0.39, 0.29) is 0 Å². The predicted molar refractivity (Wildman–Crippen MR) is 45.7 cm³/mol. The Labute approximate surface area is 70.1 Å². The first-order chi connectivity index (χ1) is 5.86. The van der Waals surface area contributed by atoms with Crippen molar-refractivity contribution in [3.05, 3.63) is 34.9 Å². The Hall–Kier alpha value is -1.89. The Kier molecular flexibility index (Phi) is 2.79. The number of hydrogen-bond acceptors (Lipinski definition) is 3. The SMILES string of the molecule is COc1ccc(/C=N/[N+]#N)cc1. The Morgan fingerprint density at radius 2 is 2.08 bits per heavy atom. The third-order valence-electron chi connectivity index (χ3n) is 1.37. The fourth-order valence-electron chi connectivity index (χ4n) is 0.782. The summed E-state index contributed by atoms with van der Waals surface area (Å²) in [6.07, 6.45) is 1.44. The van der Waals surface area contributed by atoms with Gasteiger partial charge in [-0.1, -0.05) is 0 Å². The van der Waals surface area contributed by atoms with Gasteiger partial charge in [0, 0.05) is 5.56 Å². The van der Waals surface area contributed by atoms with Gasteiger partial charge in [0.1, 0.15) is 12.0 Å². The summed E-state index contributed by atoms with van der Waals surface area (Å²) in [5.41, 5.74) is 0.855. The molecule has 0 aliphatic heterocycles. The van der Waals surface area contributed by atoms with Gasteiger partial charge in [0.2, 0.25) is 0 Å². The Morgan fingerprint density at radius 1 is 1.42 bits per heavy atom. The van der Waals surface area contributed by atoms with Crippen molar-refractivity contribution in [3.63, 3.8) is 0 Å². The molecular weight excluding hydrogens is 154 g/mol. The lowest BCUT2D eigenvalue weighted by atomic mass is 10.2. The molecule has 12 heavy (non-hydrogen) atoms. The maximum atomic E-state index is 8.03. The molecule has 0 aromatic heterocycles. The van der Waals surface area contributed by atoms with E-state index in [0.29, 0.717) is 0 Å². The minimum Gasteiger partial charge on any atom is -0.497 e. The van der Waals surface area contributed by atoms with Crippen LogP contribution >= 0.6 is 0 Å². The molecule has 0 aliphatic carbocycles. The first kappa shape index (κ1) is 8.21. The third kappa shape index (κ3) is 2.06. The van der Waals surface area contributed by atoms with Crippen LogP contribution in [0.3, 0.4) is 0 Å². The molecule has 0 saturated carbocycles. The number of hydrogen-bond donors (Lipinski definition) is 0. The average Bonchev–Trinajstić information content (AvgIpc) is 2.15. The highest BCUT2D eigenvalue weighted by molar-refractivity contribution is 5.79. The molecule has 1 rings (SSSR count). The Morgan fingerprint density at radius 3 is 2.58 bits per heavy atom. The molecule has 0 aliphatic rings. The lowest BCUT2D eigenvalue weighted by Crippen LogP contribution is -1.83. The molecule has 0 fully saturated rings. The number of ether oxygens (including phenoxy) is 1. The van der Waals surface area contributed by atoms with Crippen LogP contribution in [0.5, 0.6) is 5.75 Å². The van der Waals surface area contributed by atoms with Crippen LogP contribution < -0.4 is 4.74 Å². The van der Waals surface area contributed by atoms with E-state index in [9.17, 15) is 0 Å². The Bertz CT molecular complexity index is 310. The van der Waals surface area contributed by atoms with Gasteiger partial charge < -0.3 is 4.74 Å². The summed E-state index contributed by atoms with van der Waals surface area (Å²) in [5.74, 6) is 0.785. The van der Waals surface area contributed by atoms with Crippen LogP contribution in [0.4, 0.5) is 0 Å². The molecular formula is C8H8N3O+. The van der Waals surface area contributed by atoms with Gasteiger partial charge in [0.25, 0.3) is 5.39 Å². The van der Waals surface area contributed by atoms with E-state index in [1.807, 2.05) is 12.1 Å². The predicted octanol–water partition coefficient (Wildman–Crippen LogP) is 1.88. The number of rotatable bonds is 2. The molecule has 0 amide bonds. The standard InChI is InChI=1S/C8H8N3O/c1-12-8-4-2-7(3-5-8)6-10-11-9/h2-6H,1H3/q+1/b10-6+. The molecule has 0 unspecified atom stereocenters. The summed E-state index contributed by atoms with van der Waals surface area (Å²) in [7, 11) is 1.60. The molecule has 1 aromatic rings. The summed E-state index contributed by atoms with van der Waals surface area (Å²) in [4.78, 5) is 0. The van der Waals surface area contributed by atoms with E-state index < -0.39 is 0 Å². The zero-order chi connectivity index (χ0) is 8.81. The van der Waals surface area contributed by atoms with Gasteiger partial charge in [-0.3, -0.25) is 0 Å². The first-order valence-electron chi connectivity index (χ1n) is 3.38. The summed E-state index contributed by atoms with van der Waals surface area (Å²) in [6.45, 7) is 0. The van der Waals surface area contributed by atoms with Crippen LogP contribution in [0.2, 0.25) is 0 Å². The monoisotopic (exact) mass is 162 g/mol. The summed E-state index contributed by atoms with van der Waals surface area (Å²) < 4.78 is 4.96. The molecule has 0 saturated heterocycles. The van der Waals surface area contributed by atoms with Crippen LogP contribution in [-0.4, -0.2) is 13.3 Å². The molecule has 0 bridgehead atoms. The second-order valence-electron chi connectivity index (χ2n) is 2.11. The van der Waals surface area contributed by atoms with Gasteiger partial charge in [-0.2, -0.15) is 0 Å². The largest absolute Gasteiger partial charge is 0.497 e. The van der Waals surface area contributed by atoms with Crippen molar-refractivity contribution >= 4 is 6.21 Å². The minimum absolute atomic E-state index is 0.785. The normalized spacial score (nSPS) is 9.67. The summed E-state index contributed by atoms with van der Waals surface area (Å²) >= 11 is 0. The van der Waals surface area contributed by atoms with E-state index in [0.717, 1.165) is 11.3 Å². The van der Waals surface area contributed by atoms with E-state index in [1.165, 1.54) is 6.21 Å². The number of diazo groups is 1. The van der Waals surface area contributed by atoms with Crippen LogP contribution in [0.15, 0.2) is 29.4 Å². The second-order valence-corrected chi connectivity index (χ2v) is 2.11. The second kappa shape index (κ2) is 4.09. The third-order valence-corrected chi connectivity index (χ3v) is 1.37. The minimum atomic E-state index is 0.785. The van der Waals surface area contributed by atoms with Crippen molar-refractivity contribution in [2.75, 3.05) is 7.11 Å². The quantitative estimate of drug-likeness (QED) is 0.378. The van der Waals surface area contributed by atoms with Crippen LogP contribution in [0.25, 0.3) is 5.08 Å². The lowest BCUT2D eigenvalue weighted by Gasteiger charge is -1.96. The first-order valence-corrected chi connectivity index (χ1v) is 3.38. The van der Waals surface area contributed by atoms with Crippen molar-refractivity contribution in [1.82, 2.24) is 0 Å². The highest BCUT2D eigenvalue weighted by atomic mass is 16.5. The highest BCUT2D eigenvalue weighted by Crippen LogP contribution is 2.09. The fraction of sp³-hybridized carbons (Fsp3) is 0.125. The number of nitrogens with zero attached hydrogens (tertiary/aromatic N) is 3. The molecule has 0 heterocycles. The van der Waals surface area contributed by atoms with E-state index in [1.54, 1.807) is 19.2 Å². The zero-order valence-corrected chi connectivity index (χ0v) is 6.64. The molecule has 0 N–H and O–H groups in total. The lowest BCUT2D eigenvalue weighted by molar-refractivity contribution is 0.415. The number of benzene rings is 1. The molecule has 4 heteroatoms. The van der Waals surface area contributed by atoms with Gasteiger partial charge in [-0.05, 0) is 24.3 Å². The smallest absolute Gasteiger partial charge is 0.339 e. The van der Waals surface area contributed by atoms with Gasteiger partial charge in [0.15, 0.2) is 5.10 Å². The fourth-order valence-corrected chi connectivity index (χ4v) is 0.782. The highest BCUT2D eigenvalue weighted by Gasteiger charge is 1.91. The van der Waals surface area contributed by atoms with Gasteiger partial charge in [-0.15, -0.1) is 0 Å². The number of methoxy groups -OCH3 is 1. The van der Waals surface area contributed by atoms with Crippen molar-refractivity contribution in [3.8, 4) is 5.75 Å². The van der Waals surface area contributed by atoms with Crippen molar-refractivity contribution < 1.29 is 4.74 Å². The van der Waals surface area contributed by atoms with Crippen LogP contribution in [0.1, 0.15) is 5.56 Å². The molecule has 4 nitrogen and oxygen atoms in total. The maximum absolute atomic E-state index is 8.03. The molecule has 0 radical (unpaired) electrons. The van der Waals surface area contributed by atoms with Crippen LogP contribution in [-0.2, 0) is 0 Å². The molecule has 60 valence electrons. The molecule has 1 aromatic carbocycles. The van der Waals surface area contributed by atoms with E-state index >= 15 is 0 Å². The Balaban J connectivity index is 2.79. The van der Waals surface area contributed by atoms with Crippen LogP contribution in [0, 0.1) is 5.39 Å². The average molecular weight is 162 g/mol. The maximum Gasteiger partial charge on any atom is 0.339 e. The van der Waals surface area contributed by atoms with Gasteiger partial charge in [0.05, 0.1) is 7.11 Å². The molecule has 0 spiro atoms. The van der Waals surface area contributed by atoms with E-state index in [4.69, 9.17) is 10.1 Å². The van der Waals surface area contributed by atoms with Gasteiger partial charge >= 0.3 is 5.08 Å². The molecule has 0 atom stereocenters. The summed E-state index contributed by atoms with van der Waals surface area (Å²) in [5, 5.41) is 14.0. The van der Waals surface area contributed by atoms with Gasteiger partial charge in [-0.25, -0.2) is 0 Å². The summed E-state index contributed by atoms with van der Waals surface area (Å²) in [6, 6.07) is 7.23. The zero-order valence-electron chi connectivity index (χ0n) is 6.64. The van der Waals surface area contributed by atoms with E-state index in [2.05, 4.69) is 10.2 Å².